The predicted molar refractivity (Wildman–Crippen MR) is 43.5 cm³/mol. The minimum atomic E-state index is -4.30. The highest BCUT2D eigenvalue weighted by Gasteiger charge is 2.26. The number of pyridine rings is 1. The molecule has 0 aromatic carbocycles. The van der Waals surface area contributed by atoms with E-state index in [1.807, 2.05) is 0 Å². The zero-order chi connectivity index (χ0) is 10.6. The van der Waals surface area contributed by atoms with E-state index in [9.17, 15) is 13.2 Å². The molecule has 3 nitrogen and oxygen atoms in total. The molecule has 1 aromatic rings. The first-order chi connectivity index (χ1) is 6.53. The van der Waals surface area contributed by atoms with Crippen molar-refractivity contribution in [2.75, 3.05) is 11.9 Å². The average Bonchev–Trinajstić information content (AvgIpc) is 2.14. The summed E-state index contributed by atoms with van der Waals surface area (Å²) in [6, 6.07) is 3.11. The van der Waals surface area contributed by atoms with Gasteiger partial charge in [-0.05, 0) is 6.07 Å². The topological polar surface area (TPSA) is 48.7 Å². The second-order valence-corrected chi connectivity index (χ2v) is 2.50. The third-order valence-corrected chi connectivity index (χ3v) is 1.42. The summed E-state index contributed by atoms with van der Waals surface area (Å²) in [6.45, 7) is -1.17. The monoisotopic (exact) mass is 201 g/mol. The van der Waals surface area contributed by atoms with Gasteiger partial charge in [0, 0.05) is 6.20 Å². The van der Waals surface area contributed by atoms with Gasteiger partial charge in [0.1, 0.15) is 12.6 Å². The van der Waals surface area contributed by atoms with Gasteiger partial charge in [-0.25, -0.2) is 0 Å². The van der Waals surface area contributed by atoms with Gasteiger partial charge in [0.15, 0.2) is 0 Å². The number of nitrogens with one attached hydrogen (secondary N) is 1. The van der Waals surface area contributed by atoms with Gasteiger partial charge in [-0.3, -0.25) is 4.98 Å². The normalized spacial score (nSPS) is 10.7. The summed E-state index contributed by atoms with van der Waals surface area (Å²) in [4.78, 5) is 3.61. The molecule has 0 aliphatic carbocycles. The van der Waals surface area contributed by atoms with Crippen LogP contribution < -0.4 is 5.32 Å². The fourth-order valence-electron chi connectivity index (χ4n) is 0.828. The zero-order valence-corrected chi connectivity index (χ0v) is 6.97. The average molecular weight is 201 g/mol. The molecule has 1 heterocycles. The number of nitrogens with zero attached hydrogens (tertiary/aromatic N) is 2. The molecule has 0 bridgehead atoms. The van der Waals surface area contributed by atoms with Crippen LogP contribution in [-0.2, 0) is 0 Å². The van der Waals surface area contributed by atoms with Crippen molar-refractivity contribution in [3.63, 3.8) is 0 Å². The maximum Gasteiger partial charge on any atom is 0.405 e. The molecule has 0 saturated heterocycles. The third-order valence-electron chi connectivity index (χ3n) is 1.42. The third kappa shape index (κ3) is 2.94. The summed E-state index contributed by atoms with van der Waals surface area (Å²) in [5.41, 5.74) is 0.233. The Morgan fingerprint density at radius 1 is 1.50 bits per heavy atom. The first-order valence-electron chi connectivity index (χ1n) is 3.67. The molecule has 0 amide bonds. The molecule has 6 heteroatoms. The number of anilines is 1. The van der Waals surface area contributed by atoms with E-state index in [0.717, 1.165) is 0 Å². The highest BCUT2D eigenvalue weighted by atomic mass is 19.4. The Kier molecular flexibility index (Phi) is 2.92. The maximum atomic E-state index is 11.8. The van der Waals surface area contributed by atoms with Crippen molar-refractivity contribution < 1.29 is 13.2 Å². The fourth-order valence-corrected chi connectivity index (χ4v) is 0.828. The molecule has 1 N–H and O–H groups in total. The van der Waals surface area contributed by atoms with Gasteiger partial charge >= 0.3 is 6.18 Å². The summed E-state index contributed by atoms with van der Waals surface area (Å²) in [5.74, 6) is 0. The molecule has 0 aliphatic heterocycles. The van der Waals surface area contributed by atoms with Crippen LogP contribution in [0, 0.1) is 11.3 Å². The molecule has 0 aliphatic rings. The molecular formula is C8H6F3N3. The molecule has 1 rings (SSSR count). The van der Waals surface area contributed by atoms with Gasteiger partial charge in [0.2, 0.25) is 0 Å². The Morgan fingerprint density at radius 2 is 2.21 bits per heavy atom. The second-order valence-electron chi connectivity index (χ2n) is 2.50. The van der Waals surface area contributed by atoms with Crippen molar-refractivity contribution in [3.05, 3.63) is 24.0 Å². The quantitative estimate of drug-likeness (QED) is 0.795. The van der Waals surface area contributed by atoms with E-state index >= 15 is 0 Å². The second kappa shape index (κ2) is 3.96. The SMILES string of the molecule is N#Cc1ccncc1NCC(F)(F)F. The fraction of sp³-hybridized carbons (Fsp3) is 0.250. The van der Waals surface area contributed by atoms with E-state index in [-0.39, 0.29) is 11.3 Å². The van der Waals surface area contributed by atoms with Crippen molar-refractivity contribution in [1.29, 1.82) is 5.26 Å². The smallest absolute Gasteiger partial charge is 0.374 e. The van der Waals surface area contributed by atoms with E-state index in [0.29, 0.717) is 0 Å². The van der Waals surface area contributed by atoms with E-state index in [1.165, 1.54) is 18.5 Å². The van der Waals surface area contributed by atoms with Gasteiger partial charge in [0.05, 0.1) is 17.4 Å². The number of nitriles is 1. The van der Waals surface area contributed by atoms with Crippen LogP contribution in [0.3, 0.4) is 0 Å². The lowest BCUT2D eigenvalue weighted by molar-refractivity contribution is -0.115. The number of rotatable bonds is 2. The lowest BCUT2D eigenvalue weighted by Crippen LogP contribution is -2.21. The summed E-state index contributed by atoms with van der Waals surface area (Å²) in [5, 5.41) is 10.6. The summed E-state index contributed by atoms with van der Waals surface area (Å²) in [6.07, 6.45) is -1.77. The Morgan fingerprint density at radius 3 is 2.79 bits per heavy atom. The summed E-state index contributed by atoms with van der Waals surface area (Å²) >= 11 is 0. The predicted octanol–water partition coefficient (Wildman–Crippen LogP) is 1.93. The lowest BCUT2D eigenvalue weighted by atomic mass is 10.2. The Bertz CT molecular complexity index is 354. The summed E-state index contributed by atoms with van der Waals surface area (Å²) in [7, 11) is 0. The van der Waals surface area contributed by atoms with Crippen LogP contribution in [0.15, 0.2) is 18.5 Å². The largest absolute Gasteiger partial charge is 0.405 e. The van der Waals surface area contributed by atoms with Crippen LogP contribution >= 0.6 is 0 Å². The number of alkyl halides is 3. The van der Waals surface area contributed by atoms with Crippen molar-refractivity contribution in [1.82, 2.24) is 4.98 Å². The molecule has 1 aromatic heterocycles. The van der Waals surface area contributed by atoms with Crippen molar-refractivity contribution >= 4 is 5.69 Å². The van der Waals surface area contributed by atoms with Crippen molar-refractivity contribution in [3.8, 4) is 6.07 Å². The number of hydrogen-bond acceptors (Lipinski definition) is 3. The molecule has 0 unspecified atom stereocenters. The number of hydrogen-bond donors (Lipinski definition) is 1. The van der Waals surface area contributed by atoms with Gasteiger partial charge in [-0.2, -0.15) is 18.4 Å². The Balaban J connectivity index is 2.73. The van der Waals surface area contributed by atoms with Gasteiger partial charge in [0.25, 0.3) is 0 Å². The van der Waals surface area contributed by atoms with Gasteiger partial charge < -0.3 is 5.32 Å². The molecule has 0 fully saturated rings. The number of halogens is 3. The van der Waals surface area contributed by atoms with Crippen LogP contribution in [-0.4, -0.2) is 17.7 Å². The maximum absolute atomic E-state index is 11.8. The lowest BCUT2D eigenvalue weighted by Gasteiger charge is -2.09. The van der Waals surface area contributed by atoms with E-state index in [4.69, 9.17) is 5.26 Å². The molecular weight excluding hydrogens is 195 g/mol. The van der Waals surface area contributed by atoms with E-state index < -0.39 is 12.7 Å². The minimum absolute atomic E-state index is 0.0901. The van der Waals surface area contributed by atoms with Crippen LogP contribution in [0.25, 0.3) is 0 Å². The Labute approximate surface area is 78.2 Å². The minimum Gasteiger partial charge on any atom is -0.374 e. The molecule has 0 spiro atoms. The van der Waals surface area contributed by atoms with Gasteiger partial charge in [-0.1, -0.05) is 0 Å². The molecule has 0 radical (unpaired) electrons. The Hall–Kier alpha value is -1.77. The van der Waals surface area contributed by atoms with Crippen LogP contribution in [0.5, 0.6) is 0 Å². The first kappa shape index (κ1) is 10.3. The van der Waals surface area contributed by atoms with Crippen molar-refractivity contribution in [2.24, 2.45) is 0 Å². The molecule has 0 atom stereocenters. The molecule has 0 saturated carbocycles. The van der Waals surface area contributed by atoms with Crippen LogP contribution in [0.2, 0.25) is 0 Å². The molecule has 14 heavy (non-hydrogen) atoms. The van der Waals surface area contributed by atoms with E-state index in [2.05, 4.69) is 10.3 Å². The van der Waals surface area contributed by atoms with Crippen molar-refractivity contribution in [2.45, 2.75) is 6.18 Å². The van der Waals surface area contributed by atoms with E-state index in [1.54, 1.807) is 6.07 Å². The van der Waals surface area contributed by atoms with Crippen LogP contribution in [0.4, 0.5) is 18.9 Å². The standard InChI is InChI=1S/C8H6F3N3/c9-8(10,11)5-14-7-4-13-2-1-6(7)3-12/h1-2,4,14H,5H2. The zero-order valence-electron chi connectivity index (χ0n) is 6.97. The van der Waals surface area contributed by atoms with Crippen LogP contribution in [0.1, 0.15) is 5.56 Å². The number of aromatic nitrogens is 1. The molecule has 74 valence electrons. The summed E-state index contributed by atoms with van der Waals surface area (Å²) < 4.78 is 35.4. The van der Waals surface area contributed by atoms with Gasteiger partial charge in [-0.15, -0.1) is 0 Å². The highest BCUT2D eigenvalue weighted by molar-refractivity contribution is 5.55. The highest BCUT2D eigenvalue weighted by Crippen LogP contribution is 2.17. The first-order valence-corrected chi connectivity index (χ1v) is 3.67.